The normalized spacial score (nSPS) is 11.6. The van der Waals surface area contributed by atoms with Crippen LogP contribution in [0.1, 0.15) is 57.5 Å². The van der Waals surface area contributed by atoms with Gasteiger partial charge in [0.15, 0.2) is 0 Å². The van der Waals surface area contributed by atoms with E-state index in [0.717, 1.165) is 11.3 Å². The largest absolute Gasteiger partial charge is 0.456 e. The van der Waals surface area contributed by atoms with E-state index < -0.39 is 17.0 Å². The molecule has 0 aliphatic heterocycles. The van der Waals surface area contributed by atoms with Crippen LogP contribution in [0.5, 0.6) is 0 Å². The Labute approximate surface area is 211 Å². The fraction of sp³-hybridized carbons (Fsp3) is 0.357. The third-order valence-electron chi connectivity index (χ3n) is 5.21. The van der Waals surface area contributed by atoms with E-state index in [1.54, 1.807) is 45.0 Å². The summed E-state index contributed by atoms with van der Waals surface area (Å²) in [6.07, 6.45) is 5.60. The van der Waals surface area contributed by atoms with Crippen molar-refractivity contribution in [2.75, 3.05) is 16.8 Å². The average molecular weight is 489 g/mol. The Morgan fingerprint density at radius 2 is 1.75 bits per heavy atom. The monoisotopic (exact) mass is 488 g/mol. The minimum absolute atomic E-state index is 0.110. The lowest BCUT2D eigenvalue weighted by molar-refractivity contribution is -0.123. The van der Waals surface area contributed by atoms with Crippen LogP contribution in [0.25, 0.3) is 10.9 Å². The Hall–Kier alpha value is -4.12. The zero-order valence-corrected chi connectivity index (χ0v) is 21.6. The standard InChI is InChI=1S/C28H32N4O4/c1-8-15-32(20-12-10-19(11-13-20)24(34)36-28(5,6)7)17-18-9-14-22-21(16-18)23(33)30-26(29-22)31-25(35)27(2,3)4/h1,9-14,16H,15,17H2,2-7H3,(H2,29,30,31,33,35). The van der Waals surface area contributed by atoms with Crippen LogP contribution in [0.2, 0.25) is 0 Å². The number of fused-ring (bicyclic) bond motifs is 1. The smallest absolute Gasteiger partial charge is 0.338 e. The number of aromatic nitrogens is 2. The first-order valence-corrected chi connectivity index (χ1v) is 11.6. The second-order valence-electron chi connectivity index (χ2n) is 10.6. The molecule has 3 rings (SSSR count). The minimum atomic E-state index is -0.622. The summed E-state index contributed by atoms with van der Waals surface area (Å²) in [7, 11) is 0. The van der Waals surface area contributed by atoms with Crippen LogP contribution >= 0.6 is 0 Å². The van der Waals surface area contributed by atoms with Crippen molar-refractivity contribution in [2.24, 2.45) is 5.41 Å². The van der Waals surface area contributed by atoms with Gasteiger partial charge in [-0.25, -0.2) is 9.78 Å². The van der Waals surface area contributed by atoms with E-state index in [-0.39, 0.29) is 17.4 Å². The molecule has 0 saturated carbocycles. The molecule has 3 aromatic rings. The number of nitrogens with one attached hydrogen (secondary N) is 2. The third-order valence-corrected chi connectivity index (χ3v) is 5.21. The van der Waals surface area contributed by atoms with Crippen LogP contribution < -0.4 is 15.8 Å². The molecular weight excluding hydrogens is 456 g/mol. The number of carbonyl (C=O) groups is 2. The molecule has 1 amide bonds. The SMILES string of the molecule is C#CCN(Cc1ccc2nc(NC(=O)C(C)(C)C)[nH]c(=O)c2c1)c1ccc(C(=O)OC(C)(C)C)cc1. The molecule has 36 heavy (non-hydrogen) atoms. The Morgan fingerprint density at radius 3 is 2.33 bits per heavy atom. The summed E-state index contributed by atoms with van der Waals surface area (Å²) in [4.78, 5) is 46.3. The number of benzene rings is 2. The van der Waals surface area contributed by atoms with Crippen LogP contribution in [0.3, 0.4) is 0 Å². The molecule has 8 heteroatoms. The topological polar surface area (TPSA) is 104 Å². The highest BCUT2D eigenvalue weighted by molar-refractivity contribution is 5.94. The molecule has 8 nitrogen and oxygen atoms in total. The third kappa shape index (κ3) is 6.72. The average Bonchev–Trinajstić information content (AvgIpc) is 2.77. The molecule has 1 heterocycles. The van der Waals surface area contributed by atoms with E-state index in [9.17, 15) is 14.4 Å². The molecule has 0 bridgehead atoms. The Morgan fingerprint density at radius 1 is 1.08 bits per heavy atom. The zero-order valence-electron chi connectivity index (χ0n) is 21.6. The number of ether oxygens (including phenoxy) is 1. The summed E-state index contributed by atoms with van der Waals surface area (Å²) in [5, 5.41) is 3.06. The molecule has 0 spiro atoms. The van der Waals surface area contributed by atoms with Gasteiger partial charge in [-0.15, -0.1) is 6.42 Å². The van der Waals surface area contributed by atoms with Crippen molar-refractivity contribution < 1.29 is 14.3 Å². The van der Waals surface area contributed by atoms with Gasteiger partial charge in [-0.1, -0.05) is 32.8 Å². The molecule has 188 valence electrons. The van der Waals surface area contributed by atoms with Gasteiger partial charge in [0.25, 0.3) is 5.56 Å². The van der Waals surface area contributed by atoms with Gasteiger partial charge < -0.3 is 9.64 Å². The summed E-state index contributed by atoms with van der Waals surface area (Å²) in [5.74, 6) is 2.13. The lowest BCUT2D eigenvalue weighted by atomic mass is 9.96. The van der Waals surface area contributed by atoms with Crippen molar-refractivity contribution in [1.82, 2.24) is 9.97 Å². The Kier molecular flexibility index (Phi) is 7.54. The van der Waals surface area contributed by atoms with Crippen molar-refractivity contribution in [2.45, 2.75) is 53.7 Å². The Balaban J connectivity index is 1.83. The van der Waals surface area contributed by atoms with Crippen LogP contribution in [-0.2, 0) is 16.1 Å². The van der Waals surface area contributed by atoms with Gasteiger partial charge in [0.05, 0.1) is 23.0 Å². The summed E-state index contributed by atoms with van der Waals surface area (Å²) >= 11 is 0. The van der Waals surface area contributed by atoms with Crippen molar-refractivity contribution in [3.63, 3.8) is 0 Å². The molecule has 1 aromatic heterocycles. The number of aromatic amines is 1. The highest BCUT2D eigenvalue weighted by atomic mass is 16.6. The van der Waals surface area contributed by atoms with E-state index in [0.29, 0.717) is 29.6 Å². The maximum Gasteiger partial charge on any atom is 0.338 e. The highest BCUT2D eigenvalue weighted by Crippen LogP contribution is 2.22. The lowest BCUT2D eigenvalue weighted by Gasteiger charge is -2.23. The zero-order chi connectivity index (χ0) is 26.7. The number of hydrogen-bond acceptors (Lipinski definition) is 6. The van der Waals surface area contributed by atoms with Gasteiger partial charge >= 0.3 is 5.97 Å². The number of rotatable bonds is 6. The predicted molar refractivity (Wildman–Crippen MR) is 142 cm³/mol. The molecule has 0 atom stereocenters. The number of H-pyrrole nitrogens is 1. The lowest BCUT2D eigenvalue weighted by Crippen LogP contribution is -2.29. The van der Waals surface area contributed by atoms with Gasteiger partial charge in [0, 0.05) is 17.6 Å². The van der Waals surface area contributed by atoms with E-state index >= 15 is 0 Å². The number of esters is 1. The maximum atomic E-state index is 12.7. The number of amides is 1. The summed E-state index contributed by atoms with van der Waals surface area (Å²) in [6.45, 7) is 11.6. The van der Waals surface area contributed by atoms with Crippen LogP contribution in [0, 0.1) is 17.8 Å². The van der Waals surface area contributed by atoms with Gasteiger partial charge in [-0.2, -0.15) is 0 Å². The molecule has 0 aliphatic carbocycles. The first kappa shape index (κ1) is 26.5. The first-order chi connectivity index (χ1) is 16.8. The van der Waals surface area contributed by atoms with Crippen molar-refractivity contribution in [3.8, 4) is 12.3 Å². The second-order valence-corrected chi connectivity index (χ2v) is 10.6. The van der Waals surface area contributed by atoms with Crippen LogP contribution in [0.15, 0.2) is 47.3 Å². The fourth-order valence-electron chi connectivity index (χ4n) is 3.35. The number of carbonyl (C=O) groups excluding carboxylic acids is 2. The fourth-order valence-corrected chi connectivity index (χ4v) is 3.35. The molecule has 0 radical (unpaired) electrons. The van der Waals surface area contributed by atoms with Gasteiger partial charge in [0.1, 0.15) is 5.60 Å². The van der Waals surface area contributed by atoms with Gasteiger partial charge in [-0.3, -0.25) is 19.9 Å². The van der Waals surface area contributed by atoms with Gasteiger partial charge in [0.2, 0.25) is 11.9 Å². The van der Waals surface area contributed by atoms with E-state index in [2.05, 4.69) is 21.2 Å². The van der Waals surface area contributed by atoms with E-state index in [1.165, 1.54) is 0 Å². The van der Waals surface area contributed by atoms with Crippen molar-refractivity contribution in [3.05, 3.63) is 63.9 Å². The Bertz CT molecular complexity index is 1370. The molecule has 0 unspecified atom stereocenters. The predicted octanol–water partition coefficient (Wildman–Crippen LogP) is 4.50. The van der Waals surface area contributed by atoms with E-state index in [1.807, 2.05) is 43.9 Å². The number of hydrogen-bond donors (Lipinski definition) is 2. The summed E-state index contributed by atoms with van der Waals surface area (Å²) in [6, 6.07) is 12.4. The number of nitrogens with zero attached hydrogens (tertiary/aromatic N) is 2. The molecule has 0 saturated heterocycles. The quantitative estimate of drug-likeness (QED) is 0.391. The number of anilines is 2. The summed E-state index contributed by atoms with van der Waals surface area (Å²) < 4.78 is 5.42. The first-order valence-electron chi connectivity index (χ1n) is 11.6. The molecule has 0 fully saturated rings. The highest BCUT2D eigenvalue weighted by Gasteiger charge is 2.22. The van der Waals surface area contributed by atoms with Crippen molar-refractivity contribution >= 4 is 34.4 Å². The molecule has 2 aromatic carbocycles. The maximum absolute atomic E-state index is 12.7. The van der Waals surface area contributed by atoms with Gasteiger partial charge in [-0.05, 0) is 62.7 Å². The van der Waals surface area contributed by atoms with Crippen LogP contribution in [0.4, 0.5) is 11.6 Å². The molecular formula is C28H32N4O4. The van der Waals surface area contributed by atoms with E-state index in [4.69, 9.17) is 11.2 Å². The number of terminal acetylenes is 1. The van der Waals surface area contributed by atoms with Crippen LogP contribution in [-0.4, -0.2) is 34.0 Å². The van der Waals surface area contributed by atoms with Crippen molar-refractivity contribution in [1.29, 1.82) is 0 Å². The second kappa shape index (κ2) is 10.2. The summed E-state index contributed by atoms with van der Waals surface area (Å²) in [5.41, 5.74) is 1.05. The molecule has 2 N–H and O–H groups in total. The molecule has 0 aliphatic rings. The minimum Gasteiger partial charge on any atom is -0.456 e.